The third-order valence-electron chi connectivity index (χ3n) is 3.41. The Labute approximate surface area is 103 Å². The Balaban J connectivity index is 2.66. The molecule has 1 aliphatic rings. The molecule has 4 heteroatoms. The first-order valence-electron chi connectivity index (χ1n) is 5.29. The zero-order chi connectivity index (χ0) is 11.9. The fraction of sp³-hybridized carbons (Fsp3) is 0.500. The van der Waals surface area contributed by atoms with Gasteiger partial charge in [0, 0.05) is 22.0 Å². The monoisotopic (exact) mass is 287 g/mol. The molecule has 2 rings (SSSR count). The number of nitrogens with two attached hydrogens (primary N) is 1. The minimum atomic E-state index is -0.324. The summed E-state index contributed by atoms with van der Waals surface area (Å²) in [5.74, 6) is 0.0263. The molecule has 2 N–H and O–H groups in total. The Kier molecular flexibility index (Phi) is 2.97. The standard InChI is InChI=1S/C12H15BrFNO/c1-7-8(13)5-9(14)11(16-2)10(7)12(6-15)3-4-12/h5H,3-4,6,15H2,1-2H3. The molecule has 0 unspecified atom stereocenters. The molecule has 1 saturated carbocycles. The summed E-state index contributed by atoms with van der Waals surface area (Å²) in [4.78, 5) is 0. The maximum absolute atomic E-state index is 13.8. The van der Waals surface area contributed by atoms with Gasteiger partial charge >= 0.3 is 0 Å². The van der Waals surface area contributed by atoms with Crippen LogP contribution in [0, 0.1) is 12.7 Å². The van der Waals surface area contributed by atoms with Gasteiger partial charge in [0.15, 0.2) is 11.6 Å². The molecule has 0 heterocycles. The Bertz CT molecular complexity index is 430. The first kappa shape index (κ1) is 11.9. The van der Waals surface area contributed by atoms with Gasteiger partial charge < -0.3 is 10.5 Å². The SMILES string of the molecule is COc1c(F)cc(Br)c(C)c1C1(CN)CC1. The van der Waals surface area contributed by atoms with E-state index in [4.69, 9.17) is 10.5 Å². The van der Waals surface area contributed by atoms with E-state index in [-0.39, 0.29) is 11.2 Å². The van der Waals surface area contributed by atoms with Crippen molar-refractivity contribution in [2.24, 2.45) is 5.73 Å². The van der Waals surface area contributed by atoms with Crippen LogP contribution in [0.3, 0.4) is 0 Å². The third-order valence-corrected chi connectivity index (χ3v) is 4.23. The minimum absolute atomic E-state index is 0.0694. The topological polar surface area (TPSA) is 35.2 Å². The van der Waals surface area contributed by atoms with Crippen LogP contribution in [0.15, 0.2) is 10.5 Å². The van der Waals surface area contributed by atoms with Crippen molar-refractivity contribution in [2.45, 2.75) is 25.2 Å². The molecule has 0 bridgehead atoms. The number of rotatable bonds is 3. The highest BCUT2D eigenvalue weighted by Gasteiger charge is 2.46. The van der Waals surface area contributed by atoms with Crippen LogP contribution in [-0.4, -0.2) is 13.7 Å². The molecule has 0 amide bonds. The van der Waals surface area contributed by atoms with Gasteiger partial charge in [0.1, 0.15) is 0 Å². The lowest BCUT2D eigenvalue weighted by molar-refractivity contribution is 0.375. The van der Waals surface area contributed by atoms with E-state index in [0.717, 1.165) is 28.4 Å². The van der Waals surface area contributed by atoms with Crippen LogP contribution in [0.2, 0.25) is 0 Å². The molecule has 1 fully saturated rings. The number of hydrogen-bond acceptors (Lipinski definition) is 2. The van der Waals surface area contributed by atoms with E-state index < -0.39 is 0 Å². The van der Waals surface area contributed by atoms with E-state index in [2.05, 4.69) is 15.9 Å². The molecule has 2 nitrogen and oxygen atoms in total. The highest BCUT2D eigenvalue weighted by molar-refractivity contribution is 9.10. The van der Waals surface area contributed by atoms with Gasteiger partial charge in [-0.15, -0.1) is 0 Å². The van der Waals surface area contributed by atoms with Gasteiger partial charge in [-0.25, -0.2) is 4.39 Å². The molecule has 0 radical (unpaired) electrons. The summed E-state index contributed by atoms with van der Waals surface area (Å²) in [6.07, 6.45) is 2.02. The van der Waals surface area contributed by atoms with Crippen molar-refractivity contribution in [3.05, 3.63) is 27.5 Å². The second-order valence-corrected chi connectivity index (χ2v) is 5.21. The van der Waals surface area contributed by atoms with Crippen LogP contribution in [0.4, 0.5) is 4.39 Å². The smallest absolute Gasteiger partial charge is 0.166 e. The summed E-state index contributed by atoms with van der Waals surface area (Å²) in [5, 5.41) is 0. The van der Waals surface area contributed by atoms with Crippen LogP contribution in [0.5, 0.6) is 5.75 Å². The number of ether oxygens (including phenoxy) is 1. The minimum Gasteiger partial charge on any atom is -0.493 e. The summed E-state index contributed by atoms with van der Waals surface area (Å²) in [7, 11) is 1.50. The Morgan fingerprint density at radius 2 is 2.19 bits per heavy atom. The quantitative estimate of drug-likeness (QED) is 0.928. The van der Waals surface area contributed by atoms with Crippen LogP contribution >= 0.6 is 15.9 Å². The van der Waals surface area contributed by atoms with Gasteiger partial charge in [-0.2, -0.15) is 0 Å². The van der Waals surface area contributed by atoms with E-state index in [0.29, 0.717) is 12.3 Å². The average molecular weight is 288 g/mol. The molecule has 0 saturated heterocycles. The second-order valence-electron chi connectivity index (χ2n) is 4.36. The third kappa shape index (κ3) is 1.64. The van der Waals surface area contributed by atoms with E-state index >= 15 is 0 Å². The predicted octanol–water partition coefficient (Wildman–Crippen LogP) is 2.90. The van der Waals surface area contributed by atoms with E-state index in [9.17, 15) is 4.39 Å². The zero-order valence-electron chi connectivity index (χ0n) is 9.44. The molecule has 0 atom stereocenters. The predicted molar refractivity (Wildman–Crippen MR) is 65.4 cm³/mol. The number of halogens is 2. The molecule has 16 heavy (non-hydrogen) atoms. The highest BCUT2D eigenvalue weighted by atomic mass is 79.9. The van der Waals surface area contributed by atoms with Gasteiger partial charge in [-0.05, 0) is 31.4 Å². The lowest BCUT2D eigenvalue weighted by Gasteiger charge is -2.21. The van der Waals surface area contributed by atoms with Crippen molar-refractivity contribution < 1.29 is 9.13 Å². The van der Waals surface area contributed by atoms with Gasteiger partial charge in [0.2, 0.25) is 0 Å². The summed E-state index contributed by atoms with van der Waals surface area (Å²) < 4.78 is 19.8. The number of hydrogen-bond donors (Lipinski definition) is 1. The summed E-state index contributed by atoms with van der Waals surface area (Å²) >= 11 is 3.37. The Morgan fingerprint density at radius 3 is 2.62 bits per heavy atom. The van der Waals surface area contributed by atoms with Gasteiger partial charge in [-0.3, -0.25) is 0 Å². The summed E-state index contributed by atoms with van der Waals surface area (Å²) in [6.45, 7) is 2.51. The van der Waals surface area contributed by atoms with Gasteiger partial charge in [0.05, 0.1) is 7.11 Å². The zero-order valence-corrected chi connectivity index (χ0v) is 11.0. The Hall–Kier alpha value is -0.610. The lowest BCUT2D eigenvalue weighted by atomic mass is 9.90. The van der Waals surface area contributed by atoms with Gasteiger partial charge in [0.25, 0.3) is 0 Å². The van der Waals surface area contributed by atoms with Crippen LogP contribution in [-0.2, 0) is 5.41 Å². The van der Waals surface area contributed by atoms with Crippen LogP contribution in [0.25, 0.3) is 0 Å². The van der Waals surface area contributed by atoms with Crippen LogP contribution < -0.4 is 10.5 Å². The van der Waals surface area contributed by atoms with E-state index in [1.165, 1.54) is 13.2 Å². The molecule has 0 aromatic heterocycles. The molecular formula is C12H15BrFNO. The van der Waals surface area contributed by atoms with Crippen molar-refractivity contribution in [2.75, 3.05) is 13.7 Å². The van der Waals surface area contributed by atoms with Crippen molar-refractivity contribution in [3.8, 4) is 5.75 Å². The normalized spacial score (nSPS) is 17.3. The summed E-state index contributed by atoms with van der Waals surface area (Å²) in [6, 6.07) is 1.45. The summed E-state index contributed by atoms with van der Waals surface area (Å²) in [5.41, 5.74) is 7.69. The molecule has 88 valence electrons. The maximum Gasteiger partial charge on any atom is 0.166 e. The molecule has 1 aliphatic carbocycles. The van der Waals surface area contributed by atoms with Crippen molar-refractivity contribution >= 4 is 15.9 Å². The van der Waals surface area contributed by atoms with E-state index in [1.807, 2.05) is 6.92 Å². The van der Waals surface area contributed by atoms with E-state index in [1.54, 1.807) is 0 Å². The molecule has 0 spiro atoms. The largest absolute Gasteiger partial charge is 0.493 e. The first-order valence-corrected chi connectivity index (χ1v) is 6.08. The average Bonchev–Trinajstić information content (AvgIpc) is 3.03. The van der Waals surface area contributed by atoms with Crippen molar-refractivity contribution in [1.29, 1.82) is 0 Å². The molecule has 1 aromatic rings. The van der Waals surface area contributed by atoms with Crippen molar-refractivity contribution in [3.63, 3.8) is 0 Å². The lowest BCUT2D eigenvalue weighted by Crippen LogP contribution is -2.22. The highest BCUT2D eigenvalue weighted by Crippen LogP contribution is 2.53. The first-order chi connectivity index (χ1) is 7.55. The number of benzene rings is 1. The fourth-order valence-electron chi connectivity index (χ4n) is 2.24. The Morgan fingerprint density at radius 1 is 1.56 bits per heavy atom. The van der Waals surface area contributed by atoms with Crippen molar-refractivity contribution in [1.82, 2.24) is 0 Å². The molecular weight excluding hydrogens is 273 g/mol. The second kappa shape index (κ2) is 4.00. The maximum atomic E-state index is 13.8. The molecule has 0 aliphatic heterocycles. The van der Waals surface area contributed by atoms with Crippen LogP contribution in [0.1, 0.15) is 24.0 Å². The molecule has 1 aromatic carbocycles. The number of methoxy groups -OCH3 is 1. The van der Waals surface area contributed by atoms with Gasteiger partial charge in [-0.1, -0.05) is 15.9 Å². The fourth-order valence-corrected chi connectivity index (χ4v) is 2.64.